The molecule has 0 aliphatic carbocycles. The molecule has 2 heteroatoms. The van der Waals surface area contributed by atoms with Crippen molar-refractivity contribution in [1.82, 2.24) is 4.90 Å². The Labute approximate surface area is 116 Å². The van der Waals surface area contributed by atoms with E-state index in [4.69, 9.17) is 4.74 Å². The number of hydrogen-bond acceptors (Lipinski definition) is 2. The highest BCUT2D eigenvalue weighted by atomic mass is 16.6. The van der Waals surface area contributed by atoms with Crippen LogP contribution in [0, 0.1) is 0 Å². The van der Waals surface area contributed by atoms with Crippen LogP contribution < -0.4 is 0 Å². The number of hydrogen-bond donors (Lipinski definition) is 0. The number of nitrogens with zero attached hydrogens (tertiary/aromatic N) is 1. The van der Waals surface area contributed by atoms with Crippen LogP contribution in [0.1, 0.15) is 45.6 Å². The van der Waals surface area contributed by atoms with E-state index in [1.807, 2.05) is 0 Å². The van der Waals surface area contributed by atoms with Crippen LogP contribution in [0.5, 0.6) is 0 Å². The Balaban J connectivity index is 1.79. The van der Waals surface area contributed by atoms with Crippen LogP contribution in [-0.2, 0) is 11.3 Å². The lowest BCUT2D eigenvalue weighted by atomic mass is 9.78. The molecule has 0 radical (unpaired) electrons. The molecule has 19 heavy (non-hydrogen) atoms. The normalized spacial score (nSPS) is 37.9. The molecule has 1 aromatic carbocycles. The van der Waals surface area contributed by atoms with Gasteiger partial charge in [-0.05, 0) is 31.7 Å². The summed E-state index contributed by atoms with van der Waals surface area (Å²) in [5.41, 5.74) is 1.68. The van der Waals surface area contributed by atoms with Gasteiger partial charge in [-0.3, -0.25) is 4.90 Å². The summed E-state index contributed by atoms with van der Waals surface area (Å²) >= 11 is 0. The van der Waals surface area contributed by atoms with Crippen molar-refractivity contribution in [2.45, 2.75) is 63.8 Å². The lowest BCUT2D eigenvalue weighted by Gasteiger charge is -2.40. The molecule has 3 rings (SSSR count). The topological polar surface area (TPSA) is 15.8 Å². The first kappa shape index (κ1) is 13.1. The van der Waals surface area contributed by atoms with E-state index in [1.54, 1.807) is 0 Å². The molecule has 0 aromatic heterocycles. The SMILES string of the molecule is CC[C@@H]1N(Cc2ccccc2)CC[C@]2(C)O[C@]12CC. The zero-order valence-electron chi connectivity index (χ0n) is 12.4. The lowest BCUT2D eigenvalue weighted by Crippen LogP contribution is -2.53. The molecule has 2 fully saturated rings. The number of likely N-dealkylation sites (tertiary alicyclic amines) is 1. The fraction of sp³-hybridized carbons (Fsp3) is 0.647. The zero-order valence-corrected chi connectivity index (χ0v) is 12.4. The smallest absolute Gasteiger partial charge is 0.113 e. The first-order chi connectivity index (χ1) is 9.15. The Hall–Kier alpha value is -0.860. The largest absolute Gasteiger partial charge is 0.361 e. The minimum absolute atomic E-state index is 0.120. The van der Waals surface area contributed by atoms with Gasteiger partial charge in [0.2, 0.25) is 0 Å². The van der Waals surface area contributed by atoms with E-state index in [9.17, 15) is 0 Å². The van der Waals surface area contributed by atoms with Crippen molar-refractivity contribution in [2.75, 3.05) is 6.54 Å². The van der Waals surface area contributed by atoms with Gasteiger partial charge in [-0.15, -0.1) is 0 Å². The van der Waals surface area contributed by atoms with Crippen molar-refractivity contribution in [2.24, 2.45) is 0 Å². The van der Waals surface area contributed by atoms with Crippen molar-refractivity contribution in [1.29, 1.82) is 0 Å². The van der Waals surface area contributed by atoms with E-state index in [2.05, 4.69) is 56.0 Å². The van der Waals surface area contributed by atoms with Gasteiger partial charge in [-0.1, -0.05) is 44.2 Å². The Bertz CT molecular complexity index is 446. The van der Waals surface area contributed by atoms with E-state index in [0.29, 0.717) is 6.04 Å². The molecule has 104 valence electrons. The Kier molecular flexibility index (Phi) is 3.18. The third-order valence-electron chi connectivity index (χ3n) is 5.26. The van der Waals surface area contributed by atoms with Crippen molar-refractivity contribution in [3.05, 3.63) is 35.9 Å². The number of piperidine rings is 1. The minimum atomic E-state index is 0.120. The monoisotopic (exact) mass is 259 g/mol. The van der Waals surface area contributed by atoms with Gasteiger partial charge in [0, 0.05) is 19.1 Å². The van der Waals surface area contributed by atoms with Crippen LogP contribution in [-0.4, -0.2) is 28.7 Å². The first-order valence-corrected chi connectivity index (χ1v) is 7.63. The standard InChI is InChI=1S/C17H25NO/c1-4-15-17(5-2)16(3,19-17)11-12-18(15)13-14-9-7-6-8-10-14/h6-10,15H,4-5,11-13H2,1-3H3/t15-,16-,17+/m0/s1. The number of ether oxygens (including phenoxy) is 1. The van der Waals surface area contributed by atoms with Crippen LogP contribution in [0.4, 0.5) is 0 Å². The van der Waals surface area contributed by atoms with Gasteiger partial charge in [-0.25, -0.2) is 0 Å². The Morgan fingerprint density at radius 2 is 2.00 bits per heavy atom. The highest BCUT2D eigenvalue weighted by Gasteiger charge is 2.71. The summed E-state index contributed by atoms with van der Waals surface area (Å²) in [6.07, 6.45) is 3.48. The highest BCUT2D eigenvalue weighted by Crippen LogP contribution is 2.59. The van der Waals surface area contributed by atoms with Gasteiger partial charge in [0.05, 0.1) is 5.60 Å². The predicted octanol–water partition coefficient (Wildman–Crippen LogP) is 3.61. The van der Waals surface area contributed by atoms with E-state index in [0.717, 1.165) is 19.5 Å². The second kappa shape index (κ2) is 4.60. The Morgan fingerprint density at radius 1 is 1.26 bits per heavy atom. The molecule has 2 saturated heterocycles. The molecule has 0 unspecified atom stereocenters. The van der Waals surface area contributed by atoms with Gasteiger partial charge < -0.3 is 4.74 Å². The maximum atomic E-state index is 6.23. The second-order valence-electron chi connectivity index (χ2n) is 6.21. The molecule has 2 aliphatic rings. The number of epoxide rings is 1. The maximum absolute atomic E-state index is 6.23. The molecule has 2 aliphatic heterocycles. The molecule has 0 amide bonds. The van der Waals surface area contributed by atoms with Crippen LogP contribution in [0.2, 0.25) is 0 Å². The van der Waals surface area contributed by atoms with Crippen molar-refractivity contribution < 1.29 is 4.74 Å². The fourth-order valence-electron chi connectivity index (χ4n) is 4.14. The average Bonchev–Trinajstić information content (AvgIpc) is 3.07. The van der Waals surface area contributed by atoms with Gasteiger partial charge in [-0.2, -0.15) is 0 Å². The summed E-state index contributed by atoms with van der Waals surface area (Å²) in [5.74, 6) is 0. The zero-order chi connectivity index (χ0) is 13.5. The molecular formula is C17H25NO. The van der Waals surface area contributed by atoms with Gasteiger partial charge in [0.25, 0.3) is 0 Å². The molecule has 0 bridgehead atoms. The highest BCUT2D eigenvalue weighted by molar-refractivity contribution is 5.23. The molecule has 2 heterocycles. The lowest BCUT2D eigenvalue weighted by molar-refractivity contribution is 0.0855. The molecule has 1 aromatic rings. The van der Waals surface area contributed by atoms with Crippen LogP contribution >= 0.6 is 0 Å². The molecular weight excluding hydrogens is 234 g/mol. The van der Waals surface area contributed by atoms with Gasteiger partial charge in [0.1, 0.15) is 5.60 Å². The number of benzene rings is 1. The molecule has 0 spiro atoms. The van der Waals surface area contributed by atoms with Gasteiger partial charge in [0.15, 0.2) is 0 Å². The van der Waals surface area contributed by atoms with E-state index < -0.39 is 0 Å². The second-order valence-corrected chi connectivity index (χ2v) is 6.21. The third-order valence-corrected chi connectivity index (χ3v) is 5.26. The van der Waals surface area contributed by atoms with E-state index >= 15 is 0 Å². The Morgan fingerprint density at radius 3 is 2.63 bits per heavy atom. The minimum Gasteiger partial charge on any atom is -0.361 e. The quantitative estimate of drug-likeness (QED) is 0.768. The summed E-state index contributed by atoms with van der Waals surface area (Å²) in [7, 11) is 0. The summed E-state index contributed by atoms with van der Waals surface area (Å²) in [5, 5.41) is 0. The van der Waals surface area contributed by atoms with E-state index in [1.165, 1.54) is 18.4 Å². The van der Waals surface area contributed by atoms with Crippen LogP contribution in [0.3, 0.4) is 0 Å². The summed E-state index contributed by atoms with van der Waals surface area (Å²) in [6.45, 7) is 9.10. The van der Waals surface area contributed by atoms with E-state index in [-0.39, 0.29) is 11.2 Å². The molecule has 0 N–H and O–H groups in total. The first-order valence-electron chi connectivity index (χ1n) is 7.63. The van der Waals surface area contributed by atoms with Crippen molar-refractivity contribution in [3.8, 4) is 0 Å². The molecule has 0 saturated carbocycles. The van der Waals surface area contributed by atoms with Crippen molar-refractivity contribution in [3.63, 3.8) is 0 Å². The average molecular weight is 259 g/mol. The molecule has 3 atom stereocenters. The molecule has 2 nitrogen and oxygen atoms in total. The fourth-order valence-corrected chi connectivity index (χ4v) is 4.14. The summed E-state index contributed by atoms with van der Waals surface area (Å²) < 4.78 is 6.23. The summed E-state index contributed by atoms with van der Waals surface area (Å²) in [4.78, 5) is 2.63. The van der Waals surface area contributed by atoms with Gasteiger partial charge >= 0.3 is 0 Å². The maximum Gasteiger partial charge on any atom is 0.113 e. The summed E-state index contributed by atoms with van der Waals surface area (Å²) in [6, 6.07) is 11.4. The van der Waals surface area contributed by atoms with Crippen LogP contribution in [0.15, 0.2) is 30.3 Å². The van der Waals surface area contributed by atoms with Crippen LogP contribution in [0.25, 0.3) is 0 Å². The predicted molar refractivity (Wildman–Crippen MR) is 78.1 cm³/mol. The third kappa shape index (κ3) is 1.93. The number of rotatable bonds is 4. The van der Waals surface area contributed by atoms with Crippen molar-refractivity contribution >= 4 is 0 Å². The number of fused-ring (bicyclic) bond motifs is 1.